The van der Waals surface area contributed by atoms with Crippen LogP contribution < -0.4 is 14.5 Å². The number of hydrogen-bond donors (Lipinski definition) is 0. The fourth-order valence-electron chi connectivity index (χ4n) is 4.67. The van der Waals surface area contributed by atoms with Crippen LogP contribution in [-0.4, -0.2) is 54.2 Å². The first kappa shape index (κ1) is 21.6. The van der Waals surface area contributed by atoms with Crippen molar-refractivity contribution in [1.82, 2.24) is 14.9 Å². The van der Waals surface area contributed by atoms with Crippen LogP contribution in [0.4, 0.5) is 16.0 Å². The number of nitrogens with zero attached hydrogens (tertiary/aromatic N) is 5. The molecule has 0 radical (unpaired) electrons. The number of para-hydroxylation sites is 1. The van der Waals surface area contributed by atoms with E-state index in [1.165, 1.54) is 17.2 Å². The highest BCUT2D eigenvalue weighted by Crippen LogP contribution is 2.24. The predicted octanol–water partition coefficient (Wildman–Crippen LogP) is 3.90. The second-order valence-electron chi connectivity index (χ2n) is 8.61. The summed E-state index contributed by atoms with van der Waals surface area (Å²) >= 11 is 0. The molecule has 33 heavy (non-hydrogen) atoms. The maximum atomic E-state index is 14.1. The van der Waals surface area contributed by atoms with Gasteiger partial charge in [0.1, 0.15) is 11.6 Å². The minimum Gasteiger partial charge on any atom is -0.494 e. The molecule has 0 aliphatic carbocycles. The molecule has 1 fully saturated rings. The molecule has 7 heteroatoms. The van der Waals surface area contributed by atoms with Gasteiger partial charge in [0.25, 0.3) is 0 Å². The first-order valence-corrected chi connectivity index (χ1v) is 11.7. The molecule has 1 saturated heterocycles. The topological polar surface area (TPSA) is 44.7 Å². The molecule has 0 bridgehead atoms. The van der Waals surface area contributed by atoms with Crippen molar-refractivity contribution in [2.45, 2.75) is 26.4 Å². The first-order valence-electron chi connectivity index (χ1n) is 11.7. The molecule has 6 nitrogen and oxygen atoms in total. The van der Waals surface area contributed by atoms with E-state index in [9.17, 15) is 4.39 Å². The molecule has 0 amide bonds. The lowest BCUT2D eigenvalue weighted by Crippen LogP contribution is -2.47. The van der Waals surface area contributed by atoms with Crippen LogP contribution in [0.15, 0.2) is 54.7 Å². The van der Waals surface area contributed by atoms with Crippen molar-refractivity contribution in [3.63, 3.8) is 0 Å². The van der Waals surface area contributed by atoms with E-state index >= 15 is 0 Å². The van der Waals surface area contributed by atoms with Crippen LogP contribution >= 0.6 is 0 Å². The van der Waals surface area contributed by atoms with Gasteiger partial charge in [-0.15, -0.1) is 0 Å². The Labute approximate surface area is 194 Å². The van der Waals surface area contributed by atoms with Gasteiger partial charge in [-0.2, -0.15) is 0 Å². The molecule has 2 aliphatic heterocycles. The lowest BCUT2D eigenvalue weighted by molar-refractivity contribution is 0.242. The van der Waals surface area contributed by atoms with Gasteiger partial charge in [-0.1, -0.05) is 24.3 Å². The molecule has 0 spiro atoms. The highest BCUT2D eigenvalue weighted by atomic mass is 19.1. The zero-order chi connectivity index (χ0) is 22.6. The zero-order valence-corrected chi connectivity index (χ0v) is 19.1. The SMILES string of the molecule is CCOc1cccc(CN2CCc3nc(N4CCN(c5ccccc5F)CC4)ncc3C2)c1. The van der Waals surface area contributed by atoms with Gasteiger partial charge in [0.2, 0.25) is 5.95 Å². The molecular weight excluding hydrogens is 417 g/mol. The van der Waals surface area contributed by atoms with E-state index in [4.69, 9.17) is 9.72 Å². The smallest absolute Gasteiger partial charge is 0.225 e. The minimum atomic E-state index is -0.162. The standard InChI is InChI=1S/C26H30FN5O/c1-2-33-22-7-5-6-20(16-22)18-30-11-10-24-21(19-30)17-28-26(29-24)32-14-12-31(13-15-32)25-9-4-3-8-23(25)27/h3-9,16-17H,2,10-15,18-19H2,1H3. The highest BCUT2D eigenvalue weighted by Gasteiger charge is 2.24. The maximum Gasteiger partial charge on any atom is 0.225 e. The Morgan fingerprint density at radius 1 is 0.970 bits per heavy atom. The molecule has 0 N–H and O–H groups in total. The molecule has 3 heterocycles. The van der Waals surface area contributed by atoms with Crippen LogP contribution in [0.2, 0.25) is 0 Å². The largest absolute Gasteiger partial charge is 0.494 e. The first-order chi connectivity index (χ1) is 16.2. The quantitative estimate of drug-likeness (QED) is 0.571. The van der Waals surface area contributed by atoms with Gasteiger partial charge in [-0.25, -0.2) is 14.4 Å². The van der Waals surface area contributed by atoms with E-state index in [2.05, 4.69) is 37.9 Å². The van der Waals surface area contributed by atoms with Gasteiger partial charge in [0.15, 0.2) is 0 Å². The van der Waals surface area contributed by atoms with E-state index < -0.39 is 0 Å². The predicted molar refractivity (Wildman–Crippen MR) is 128 cm³/mol. The van der Waals surface area contributed by atoms with Crippen molar-refractivity contribution < 1.29 is 9.13 Å². The van der Waals surface area contributed by atoms with Gasteiger partial charge in [0.05, 0.1) is 18.0 Å². The number of anilines is 2. The number of fused-ring (bicyclic) bond motifs is 1. The second kappa shape index (κ2) is 9.75. The van der Waals surface area contributed by atoms with Gasteiger partial charge < -0.3 is 14.5 Å². The lowest BCUT2D eigenvalue weighted by atomic mass is 10.1. The molecule has 0 unspecified atom stereocenters. The summed E-state index contributed by atoms with van der Waals surface area (Å²) in [7, 11) is 0. The van der Waals surface area contributed by atoms with Gasteiger partial charge in [-0.05, 0) is 36.8 Å². The number of benzene rings is 2. The Kier molecular flexibility index (Phi) is 6.39. The summed E-state index contributed by atoms with van der Waals surface area (Å²) in [6.07, 6.45) is 2.91. The molecule has 2 aromatic carbocycles. The normalized spacial score (nSPS) is 16.5. The number of halogens is 1. The Balaban J connectivity index is 1.20. The summed E-state index contributed by atoms with van der Waals surface area (Å²) < 4.78 is 19.8. The van der Waals surface area contributed by atoms with E-state index in [1.807, 2.05) is 31.3 Å². The highest BCUT2D eigenvalue weighted by molar-refractivity contribution is 5.49. The second-order valence-corrected chi connectivity index (χ2v) is 8.61. The summed E-state index contributed by atoms with van der Waals surface area (Å²) in [5, 5.41) is 0. The van der Waals surface area contributed by atoms with Crippen LogP contribution in [0, 0.1) is 5.82 Å². The van der Waals surface area contributed by atoms with Crippen LogP contribution in [-0.2, 0) is 19.5 Å². The molecule has 0 atom stereocenters. The summed E-state index contributed by atoms with van der Waals surface area (Å²) in [5.74, 6) is 1.56. The number of aromatic nitrogens is 2. The molecule has 5 rings (SSSR count). The number of hydrogen-bond acceptors (Lipinski definition) is 6. The molecule has 172 valence electrons. The van der Waals surface area contributed by atoms with Crippen molar-refractivity contribution in [2.24, 2.45) is 0 Å². The van der Waals surface area contributed by atoms with Crippen LogP contribution in [0.1, 0.15) is 23.7 Å². The molecule has 3 aromatic rings. The average molecular weight is 448 g/mol. The average Bonchev–Trinajstić information content (AvgIpc) is 2.85. The summed E-state index contributed by atoms with van der Waals surface area (Å²) in [6, 6.07) is 15.3. The van der Waals surface area contributed by atoms with Crippen molar-refractivity contribution in [3.8, 4) is 5.75 Å². The third-order valence-corrected chi connectivity index (χ3v) is 6.37. The van der Waals surface area contributed by atoms with E-state index in [0.29, 0.717) is 12.3 Å². The fraction of sp³-hybridized carbons (Fsp3) is 0.385. The minimum absolute atomic E-state index is 0.162. The Morgan fingerprint density at radius 2 is 1.79 bits per heavy atom. The number of piperazine rings is 1. The lowest BCUT2D eigenvalue weighted by Gasteiger charge is -2.36. The van der Waals surface area contributed by atoms with E-state index in [0.717, 1.165) is 69.6 Å². The van der Waals surface area contributed by atoms with Gasteiger partial charge in [-0.3, -0.25) is 4.90 Å². The van der Waals surface area contributed by atoms with Gasteiger partial charge >= 0.3 is 0 Å². The summed E-state index contributed by atoms with van der Waals surface area (Å²) in [4.78, 5) is 16.3. The Hall–Kier alpha value is -3.19. The van der Waals surface area contributed by atoms with Crippen molar-refractivity contribution >= 4 is 11.6 Å². The number of rotatable bonds is 6. The van der Waals surface area contributed by atoms with E-state index in [1.54, 1.807) is 6.07 Å². The van der Waals surface area contributed by atoms with Crippen molar-refractivity contribution in [1.29, 1.82) is 0 Å². The van der Waals surface area contributed by atoms with Crippen LogP contribution in [0.25, 0.3) is 0 Å². The molecule has 0 saturated carbocycles. The van der Waals surface area contributed by atoms with Crippen LogP contribution in [0.3, 0.4) is 0 Å². The Morgan fingerprint density at radius 3 is 2.61 bits per heavy atom. The van der Waals surface area contributed by atoms with Crippen LogP contribution in [0.5, 0.6) is 5.75 Å². The van der Waals surface area contributed by atoms with Crippen molar-refractivity contribution in [2.75, 3.05) is 49.1 Å². The monoisotopic (exact) mass is 447 g/mol. The molecule has 2 aliphatic rings. The number of ether oxygens (including phenoxy) is 1. The van der Waals surface area contributed by atoms with Gasteiger partial charge in [0, 0.05) is 64.0 Å². The van der Waals surface area contributed by atoms with E-state index in [-0.39, 0.29) is 5.82 Å². The maximum absolute atomic E-state index is 14.1. The summed E-state index contributed by atoms with van der Waals surface area (Å²) in [6.45, 7) is 8.50. The Bertz CT molecular complexity index is 1100. The fourth-order valence-corrected chi connectivity index (χ4v) is 4.67. The zero-order valence-electron chi connectivity index (χ0n) is 19.1. The summed E-state index contributed by atoms with van der Waals surface area (Å²) in [5.41, 5.74) is 4.29. The third kappa shape index (κ3) is 4.93. The molecular formula is C26H30FN5O. The third-order valence-electron chi connectivity index (χ3n) is 6.37. The molecule has 1 aromatic heterocycles. The van der Waals surface area contributed by atoms with Crippen molar-refractivity contribution in [3.05, 3.63) is 77.4 Å².